The molecular weight excluding hydrogens is 412 g/mol. The van der Waals surface area contributed by atoms with Crippen LogP contribution >= 0.6 is 27.3 Å². The molecule has 0 aliphatic carbocycles. The molecule has 0 aromatic carbocycles. The molecule has 0 radical (unpaired) electrons. The average Bonchev–Trinajstić information content (AvgIpc) is 3.20. The number of halogens is 1. The second kappa shape index (κ2) is 7.02. The van der Waals surface area contributed by atoms with Gasteiger partial charge in [0.2, 0.25) is 5.71 Å². The fraction of sp³-hybridized carbons (Fsp3) is 0.526. The molecule has 1 fully saturated rings. The molecule has 2 aliphatic rings. The third-order valence-electron chi connectivity index (χ3n) is 4.42. The van der Waals surface area contributed by atoms with E-state index in [0.717, 1.165) is 41.7 Å². The van der Waals surface area contributed by atoms with Gasteiger partial charge in [0, 0.05) is 16.4 Å². The van der Waals surface area contributed by atoms with Gasteiger partial charge in [-0.2, -0.15) is 0 Å². The topological polar surface area (TPSA) is 49.5 Å². The number of anilines is 1. The first-order chi connectivity index (χ1) is 12.4. The van der Waals surface area contributed by atoms with Gasteiger partial charge >= 0.3 is 0 Å². The molecule has 1 unspecified atom stereocenters. The largest absolute Gasteiger partial charge is 0.365 e. The molecule has 1 atom stereocenters. The molecule has 138 valence electrons. The third-order valence-corrected chi connectivity index (χ3v) is 6.51. The van der Waals surface area contributed by atoms with Crippen LogP contribution in [0.25, 0.3) is 10.2 Å². The molecule has 4 heterocycles. The summed E-state index contributed by atoms with van der Waals surface area (Å²) in [5.74, 6) is 0.890. The molecule has 2 aromatic rings. The van der Waals surface area contributed by atoms with Crippen molar-refractivity contribution in [2.24, 2.45) is 5.10 Å². The SMILES string of the molecule is CC(C)(C)Nc1cc(Br)c2sc(C3=[N+](C4CCCCO4)N=CC3)cc2n1. The lowest BCUT2D eigenvalue weighted by molar-refractivity contribution is -0.619. The van der Waals surface area contributed by atoms with E-state index in [-0.39, 0.29) is 11.8 Å². The summed E-state index contributed by atoms with van der Waals surface area (Å²) in [5.41, 5.74) is 2.20. The van der Waals surface area contributed by atoms with Crippen molar-refractivity contribution in [3.8, 4) is 0 Å². The smallest absolute Gasteiger partial charge is 0.288 e. The van der Waals surface area contributed by atoms with Crippen LogP contribution in [0.3, 0.4) is 0 Å². The quantitative estimate of drug-likeness (QED) is 0.690. The first-order valence-corrected chi connectivity index (χ1v) is 10.7. The highest BCUT2D eigenvalue weighted by Gasteiger charge is 2.33. The van der Waals surface area contributed by atoms with Crippen LogP contribution in [-0.4, -0.2) is 40.0 Å². The number of hydrogen-bond acceptors (Lipinski definition) is 5. The predicted octanol–water partition coefficient (Wildman–Crippen LogP) is 4.99. The number of ether oxygens (including phenoxy) is 1. The van der Waals surface area contributed by atoms with Gasteiger partial charge in [0.25, 0.3) is 6.23 Å². The van der Waals surface area contributed by atoms with Gasteiger partial charge in [-0.1, -0.05) is 4.68 Å². The molecular formula is C19H24BrN4OS+. The van der Waals surface area contributed by atoms with Crippen LogP contribution in [-0.2, 0) is 4.74 Å². The van der Waals surface area contributed by atoms with Crippen molar-refractivity contribution in [2.75, 3.05) is 11.9 Å². The Morgan fingerprint density at radius 2 is 2.15 bits per heavy atom. The highest BCUT2D eigenvalue weighted by molar-refractivity contribution is 9.10. The summed E-state index contributed by atoms with van der Waals surface area (Å²) in [6, 6.07) is 4.24. The van der Waals surface area contributed by atoms with Gasteiger partial charge in [0.1, 0.15) is 5.82 Å². The summed E-state index contributed by atoms with van der Waals surface area (Å²) >= 11 is 5.48. The van der Waals surface area contributed by atoms with Gasteiger partial charge < -0.3 is 10.1 Å². The molecule has 2 aliphatic heterocycles. The maximum Gasteiger partial charge on any atom is 0.288 e. The monoisotopic (exact) mass is 435 g/mol. The number of nitrogens with one attached hydrogen (secondary N) is 1. The van der Waals surface area contributed by atoms with Crippen LogP contribution in [0, 0.1) is 0 Å². The molecule has 5 nitrogen and oxygen atoms in total. The van der Waals surface area contributed by atoms with E-state index in [9.17, 15) is 0 Å². The summed E-state index contributed by atoms with van der Waals surface area (Å²) in [7, 11) is 0. The summed E-state index contributed by atoms with van der Waals surface area (Å²) in [5, 5.41) is 8.04. The molecule has 0 amide bonds. The first-order valence-electron chi connectivity index (χ1n) is 9.08. The van der Waals surface area contributed by atoms with Crippen molar-refractivity contribution in [1.82, 2.24) is 4.98 Å². The number of thiophene rings is 1. The van der Waals surface area contributed by atoms with Gasteiger partial charge in [-0.05, 0) is 66.8 Å². The van der Waals surface area contributed by atoms with Crippen molar-refractivity contribution in [2.45, 2.75) is 58.2 Å². The molecule has 1 N–H and O–H groups in total. The van der Waals surface area contributed by atoms with E-state index >= 15 is 0 Å². The molecule has 0 spiro atoms. The predicted molar refractivity (Wildman–Crippen MR) is 112 cm³/mol. The summed E-state index contributed by atoms with van der Waals surface area (Å²) in [6.07, 6.45) is 6.27. The number of aromatic nitrogens is 1. The Bertz CT molecular complexity index is 891. The highest BCUT2D eigenvalue weighted by Crippen LogP contribution is 2.34. The minimum absolute atomic E-state index is 0.0257. The number of rotatable bonds is 3. The van der Waals surface area contributed by atoms with Crippen LogP contribution in [0.5, 0.6) is 0 Å². The first kappa shape index (κ1) is 18.1. The minimum Gasteiger partial charge on any atom is -0.365 e. The van der Waals surface area contributed by atoms with E-state index < -0.39 is 0 Å². The Kier molecular flexibility index (Phi) is 4.88. The van der Waals surface area contributed by atoms with Crippen LogP contribution in [0.1, 0.15) is 51.3 Å². The van der Waals surface area contributed by atoms with Crippen molar-refractivity contribution in [3.63, 3.8) is 0 Å². The second-order valence-electron chi connectivity index (χ2n) is 7.80. The summed E-state index contributed by atoms with van der Waals surface area (Å²) in [4.78, 5) is 6.03. The number of hydrazone groups is 1. The second-order valence-corrected chi connectivity index (χ2v) is 9.71. The zero-order chi connectivity index (χ0) is 18.3. The molecule has 1 saturated heterocycles. The average molecular weight is 436 g/mol. The van der Waals surface area contributed by atoms with Crippen molar-refractivity contribution in [3.05, 3.63) is 21.5 Å². The Morgan fingerprint density at radius 1 is 1.31 bits per heavy atom. The van der Waals surface area contributed by atoms with Crippen molar-refractivity contribution in [1.29, 1.82) is 0 Å². The minimum atomic E-state index is -0.0257. The highest BCUT2D eigenvalue weighted by atomic mass is 79.9. The lowest BCUT2D eigenvalue weighted by atomic mass is 10.1. The van der Waals surface area contributed by atoms with Gasteiger partial charge in [0.15, 0.2) is 0 Å². The number of hydrogen-bond donors (Lipinski definition) is 1. The van der Waals surface area contributed by atoms with Crippen LogP contribution in [0.4, 0.5) is 5.82 Å². The fourth-order valence-corrected chi connectivity index (χ4v) is 5.04. The maximum atomic E-state index is 5.95. The normalized spacial score (nSPS) is 21.0. The van der Waals surface area contributed by atoms with E-state index in [4.69, 9.17) is 9.72 Å². The van der Waals surface area contributed by atoms with Crippen LogP contribution in [0.15, 0.2) is 21.7 Å². The van der Waals surface area contributed by atoms with Crippen LogP contribution < -0.4 is 5.32 Å². The molecule has 2 aromatic heterocycles. The lowest BCUT2D eigenvalue weighted by Crippen LogP contribution is -2.31. The zero-order valence-electron chi connectivity index (χ0n) is 15.4. The van der Waals surface area contributed by atoms with Gasteiger partial charge in [-0.15, -0.1) is 11.3 Å². The molecule has 7 heteroatoms. The van der Waals surface area contributed by atoms with Crippen LogP contribution in [0.2, 0.25) is 0 Å². The molecule has 26 heavy (non-hydrogen) atoms. The standard InChI is InChI=1S/C19H24BrN4OS/c1-19(2,3)23-16-10-12(20)18-13(22-16)11-15(26-18)14-7-8-21-24(14)17-6-4-5-9-25-17/h8,10-11,17H,4-7,9H2,1-3H3,(H,22,23)/q+1. The fourth-order valence-electron chi connectivity index (χ4n) is 3.33. The van der Waals surface area contributed by atoms with E-state index in [1.165, 1.54) is 21.7 Å². The van der Waals surface area contributed by atoms with E-state index in [2.05, 4.69) is 63.9 Å². The Morgan fingerprint density at radius 3 is 2.88 bits per heavy atom. The zero-order valence-corrected chi connectivity index (χ0v) is 17.8. The number of nitrogens with zero attached hydrogens (tertiary/aromatic N) is 3. The molecule has 4 rings (SSSR count). The van der Waals surface area contributed by atoms with E-state index in [1.807, 2.05) is 6.21 Å². The Balaban J connectivity index is 1.72. The Hall–Kier alpha value is -1.31. The Labute approximate surface area is 166 Å². The maximum absolute atomic E-state index is 5.95. The van der Waals surface area contributed by atoms with Gasteiger partial charge in [-0.25, -0.2) is 4.98 Å². The van der Waals surface area contributed by atoms with Gasteiger partial charge in [-0.3, -0.25) is 0 Å². The van der Waals surface area contributed by atoms with E-state index in [1.54, 1.807) is 11.3 Å². The summed E-state index contributed by atoms with van der Waals surface area (Å²) < 4.78 is 10.3. The third kappa shape index (κ3) is 3.70. The molecule has 0 saturated carbocycles. The molecule has 0 bridgehead atoms. The van der Waals surface area contributed by atoms with E-state index in [0.29, 0.717) is 0 Å². The number of pyridine rings is 1. The van der Waals surface area contributed by atoms with Crippen molar-refractivity contribution < 1.29 is 9.42 Å². The summed E-state index contributed by atoms with van der Waals surface area (Å²) in [6.45, 7) is 7.24. The lowest BCUT2D eigenvalue weighted by Gasteiger charge is -2.21. The van der Waals surface area contributed by atoms with Gasteiger partial charge in [0.05, 0.1) is 34.3 Å². The van der Waals surface area contributed by atoms with Crippen molar-refractivity contribution >= 4 is 55.2 Å². The number of fused-ring (bicyclic) bond motifs is 1.